The summed E-state index contributed by atoms with van der Waals surface area (Å²) in [6, 6.07) is 24.5. The third-order valence-electron chi connectivity index (χ3n) is 5.49. The van der Waals surface area contributed by atoms with Crippen LogP contribution in [0, 0.1) is 5.82 Å². The Bertz CT molecular complexity index is 1300. The van der Waals surface area contributed by atoms with E-state index >= 15 is 0 Å². The first-order valence-corrected chi connectivity index (χ1v) is 10.9. The number of halogens is 1. The topological polar surface area (TPSA) is 67.2 Å². The molecule has 0 spiro atoms. The lowest BCUT2D eigenvalue weighted by Crippen LogP contribution is -2.33. The number of amides is 2. The van der Waals surface area contributed by atoms with Crippen molar-refractivity contribution in [3.63, 3.8) is 0 Å². The number of nitrogens with one attached hydrogen (secondary N) is 1. The minimum Gasteiger partial charge on any atom is -0.326 e. The van der Waals surface area contributed by atoms with Crippen molar-refractivity contribution in [2.24, 2.45) is 0 Å². The van der Waals surface area contributed by atoms with Crippen molar-refractivity contribution in [3.05, 3.63) is 114 Å². The fourth-order valence-corrected chi connectivity index (χ4v) is 3.77. The molecule has 1 atom stereocenters. The highest BCUT2D eigenvalue weighted by Gasteiger charge is 2.25. The molecule has 3 aromatic carbocycles. The summed E-state index contributed by atoms with van der Waals surface area (Å²) in [5.74, 6) is -0.791. The smallest absolute Gasteiger partial charge is 0.275 e. The van der Waals surface area contributed by atoms with E-state index in [2.05, 4.69) is 10.4 Å². The molecule has 2 amide bonds. The Morgan fingerprint density at radius 2 is 1.76 bits per heavy atom. The lowest BCUT2D eigenvalue weighted by atomic mass is 10.0. The van der Waals surface area contributed by atoms with E-state index in [0.29, 0.717) is 17.9 Å². The van der Waals surface area contributed by atoms with Gasteiger partial charge in [0.2, 0.25) is 5.91 Å². The molecule has 4 rings (SSSR count). The van der Waals surface area contributed by atoms with E-state index in [1.807, 2.05) is 61.5 Å². The number of nitrogens with zero attached hydrogens (tertiary/aromatic N) is 3. The zero-order chi connectivity index (χ0) is 24.1. The minimum absolute atomic E-state index is 0.162. The first-order chi connectivity index (χ1) is 16.4. The second-order valence-electron chi connectivity index (χ2n) is 8.03. The predicted molar refractivity (Wildman–Crippen MR) is 129 cm³/mol. The molecule has 0 saturated carbocycles. The fourth-order valence-electron chi connectivity index (χ4n) is 3.77. The lowest BCUT2D eigenvalue weighted by molar-refractivity contribution is -0.114. The maximum Gasteiger partial charge on any atom is 0.275 e. The van der Waals surface area contributed by atoms with Crippen LogP contribution in [0.2, 0.25) is 0 Å². The maximum absolute atomic E-state index is 13.7. The van der Waals surface area contributed by atoms with Crippen molar-refractivity contribution >= 4 is 17.5 Å². The van der Waals surface area contributed by atoms with Crippen LogP contribution in [-0.4, -0.2) is 26.5 Å². The molecule has 0 radical (unpaired) electrons. The molecular weight excluding hydrogens is 431 g/mol. The molecule has 172 valence electrons. The van der Waals surface area contributed by atoms with Crippen LogP contribution in [0.25, 0.3) is 5.69 Å². The Morgan fingerprint density at radius 1 is 1.00 bits per heavy atom. The van der Waals surface area contributed by atoms with Crippen LogP contribution in [0.3, 0.4) is 0 Å². The third kappa shape index (κ3) is 5.38. The Kier molecular flexibility index (Phi) is 6.82. The van der Waals surface area contributed by atoms with Gasteiger partial charge in [-0.3, -0.25) is 9.59 Å². The number of benzene rings is 3. The van der Waals surface area contributed by atoms with E-state index in [-0.39, 0.29) is 29.4 Å². The minimum atomic E-state index is -0.376. The molecule has 0 aliphatic rings. The predicted octanol–water partition coefficient (Wildman–Crippen LogP) is 5.37. The molecule has 1 heterocycles. The third-order valence-corrected chi connectivity index (χ3v) is 5.49. The van der Waals surface area contributed by atoms with E-state index in [9.17, 15) is 14.0 Å². The number of carbonyl (C=O) groups excluding carboxylic acids is 2. The summed E-state index contributed by atoms with van der Waals surface area (Å²) in [6.07, 6.45) is 1.64. The van der Waals surface area contributed by atoms with Gasteiger partial charge < -0.3 is 10.2 Å². The van der Waals surface area contributed by atoms with Gasteiger partial charge in [0.15, 0.2) is 5.69 Å². The normalized spacial score (nSPS) is 11.6. The Morgan fingerprint density at radius 3 is 2.50 bits per heavy atom. The molecule has 7 heteroatoms. The van der Waals surface area contributed by atoms with E-state index < -0.39 is 0 Å². The van der Waals surface area contributed by atoms with Crippen LogP contribution < -0.4 is 5.32 Å². The number of aromatic nitrogens is 2. The molecule has 6 nitrogen and oxygen atoms in total. The monoisotopic (exact) mass is 456 g/mol. The molecule has 34 heavy (non-hydrogen) atoms. The molecular formula is C27H25FN4O2. The number of rotatable bonds is 7. The van der Waals surface area contributed by atoms with Gasteiger partial charge in [0.25, 0.3) is 5.91 Å². The highest BCUT2D eigenvalue weighted by atomic mass is 19.1. The van der Waals surface area contributed by atoms with E-state index in [4.69, 9.17) is 0 Å². The van der Waals surface area contributed by atoms with Gasteiger partial charge in [0.1, 0.15) is 5.82 Å². The van der Waals surface area contributed by atoms with Crippen LogP contribution in [0.15, 0.2) is 91.1 Å². The first-order valence-electron chi connectivity index (χ1n) is 10.9. The summed E-state index contributed by atoms with van der Waals surface area (Å²) in [7, 11) is 0. The molecule has 0 fully saturated rings. The van der Waals surface area contributed by atoms with Crippen LogP contribution in [0.4, 0.5) is 10.1 Å². The summed E-state index contributed by atoms with van der Waals surface area (Å²) in [5, 5.41) is 7.21. The molecule has 1 aromatic heterocycles. The molecule has 0 aliphatic heterocycles. The van der Waals surface area contributed by atoms with E-state index in [1.54, 1.807) is 29.3 Å². The molecule has 4 aromatic rings. The largest absolute Gasteiger partial charge is 0.326 e. The molecule has 0 saturated heterocycles. The summed E-state index contributed by atoms with van der Waals surface area (Å²) in [6.45, 7) is 3.77. The van der Waals surface area contributed by atoms with Crippen molar-refractivity contribution in [3.8, 4) is 5.69 Å². The summed E-state index contributed by atoms with van der Waals surface area (Å²) in [5.41, 5.74) is 3.31. The summed E-state index contributed by atoms with van der Waals surface area (Å²) >= 11 is 0. The van der Waals surface area contributed by atoms with Gasteiger partial charge in [-0.15, -0.1) is 0 Å². The SMILES string of the molecule is CC(=O)Nc1cccc(C(C)N(Cc2ccccc2)C(=O)c2ccn(-c3cccc(F)c3)n2)c1. The highest BCUT2D eigenvalue weighted by molar-refractivity contribution is 5.92. The number of hydrogen-bond acceptors (Lipinski definition) is 3. The van der Waals surface area contributed by atoms with E-state index in [1.165, 1.54) is 23.7 Å². The van der Waals surface area contributed by atoms with Crippen LogP contribution in [0.1, 0.15) is 41.5 Å². The van der Waals surface area contributed by atoms with Gasteiger partial charge in [-0.2, -0.15) is 5.10 Å². The first kappa shape index (κ1) is 22.9. The zero-order valence-corrected chi connectivity index (χ0v) is 19.0. The Labute approximate surface area is 197 Å². The fraction of sp³-hybridized carbons (Fsp3) is 0.148. The molecule has 0 aliphatic carbocycles. The lowest BCUT2D eigenvalue weighted by Gasteiger charge is -2.29. The zero-order valence-electron chi connectivity index (χ0n) is 19.0. The van der Waals surface area contributed by atoms with Gasteiger partial charge in [-0.05, 0) is 54.4 Å². The van der Waals surface area contributed by atoms with Crippen molar-refractivity contribution in [1.82, 2.24) is 14.7 Å². The van der Waals surface area contributed by atoms with Crippen LogP contribution >= 0.6 is 0 Å². The summed E-state index contributed by atoms with van der Waals surface area (Å²) < 4.78 is 15.1. The average molecular weight is 457 g/mol. The van der Waals surface area contributed by atoms with E-state index in [0.717, 1.165) is 11.1 Å². The second-order valence-corrected chi connectivity index (χ2v) is 8.03. The quantitative estimate of drug-likeness (QED) is 0.406. The molecule has 0 bridgehead atoms. The van der Waals surface area contributed by atoms with Crippen molar-refractivity contribution in [2.45, 2.75) is 26.4 Å². The van der Waals surface area contributed by atoms with Crippen molar-refractivity contribution < 1.29 is 14.0 Å². The maximum atomic E-state index is 13.7. The highest BCUT2D eigenvalue weighted by Crippen LogP contribution is 2.26. The standard InChI is InChI=1S/C27H25FN4O2/c1-19(22-10-6-12-24(16-22)29-20(2)33)31(18-21-8-4-3-5-9-21)27(34)26-14-15-32(30-26)25-13-7-11-23(28)17-25/h3-17,19H,18H2,1-2H3,(H,29,33). The van der Waals surface area contributed by atoms with Crippen LogP contribution in [-0.2, 0) is 11.3 Å². The number of hydrogen-bond donors (Lipinski definition) is 1. The van der Waals surface area contributed by atoms with Gasteiger partial charge >= 0.3 is 0 Å². The number of carbonyl (C=O) groups is 2. The second kappa shape index (κ2) is 10.1. The Hall–Kier alpha value is -4.26. The van der Waals surface area contributed by atoms with Crippen molar-refractivity contribution in [1.29, 1.82) is 0 Å². The van der Waals surface area contributed by atoms with Crippen molar-refractivity contribution in [2.75, 3.05) is 5.32 Å². The van der Waals surface area contributed by atoms with Crippen LogP contribution in [0.5, 0.6) is 0 Å². The number of anilines is 1. The van der Waals surface area contributed by atoms with Gasteiger partial charge in [0, 0.05) is 25.4 Å². The summed E-state index contributed by atoms with van der Waals surface area (Å²) in [4.78, 5) is 26.9. The molecule has 1 N–H and O–H groups in total. The molecule has 1 unspecified atom stereocenters. The average Bonchev–Trinajstić information content (AvgIpc) is 3.33. The van der Waals surface area contributed by atoms with Gasteiger partial charge in [-0.1, -0.05) is 48.5 Å². The van der Waals surface area contributed by atoms with Gasteiger partial charge in [-0.25, -0.2) is 9.07 Å². The Balaban J connectivity index is 1.66. The van der Waals surface area contributed by atoms with Gasteiger partial charge in [0.05, 0.1) is 11.7 Å².